The summed E-state index contributed by atoms with van der Waals surface area (Å²) >= 11 is 1.29. The van der Waals surface area contributed by atoms with Crippen molar-refractivity contribution in [1.82, 2.24) is 4.98 Å². The van der Waals surface area contributed by atoms with Crippen LogP contribution in [-0.4, -0.2) is 41.6 Å². The van der Waals surface area contributed by atoms with E-state index < -0.39 is 17.7 Å². The number of hydrogen-bond acceptors (Lipinski definition) is 8. The van der Waals surface area contributed by atoms with E-state index in [1.807, 2.05) is 49.4 Å². The zero-order valence-corrected chi connectivity index (χ0v) is 23.9. The molecule has 210 valence electrons. The first kappa shape index (κ1) is 26.8. The molecular formula is C32H30N2O6S. The van der Waals surface area contributed by atoms with E-state index in [1.54, 1.807) is 25.3 Å². The molecule has 1 N–H and O–H groups in total. The van der Waals surface area contributed by atoms with Gasteiger partial charge in [0.15, 0.2) is 5.13 Å². The van der Waals surface area contributed by atoms with Gasteiger partial charge in [0.2, 0.25) is 0 Å². The molecule has 0 unspecified atom stereocenters. The number of aliphatic hydroxyl groups is 1. The Bertz CT molecular complexity index is 1680. The Balaban J connectivity index is 1.47. The standard InChI is InChI=1S/C32H30N2O6S/c1-4-5-14-39-22-9-6-19(7-10-22)28-27(29(35)20-8-13-25-21(16-20)15-18(2)40-25)30(36)31(37)34(28)32-33-24-12-11-23(38-3)17-26(24)41-32/h6-13,16-18,28,35H,4-5,14-15H2,1-3H3/t18-,28+/m1/s1. The molecule has 6 rings (SSSR count). The average Bonchev–Trinajstić information content (AvgIpc) is 3.64. The lowest BCUT2D eigenvalue weighted by Gasteiger charge is -2.23. The summed E-state index contributed by atoms with van der Waals surface area (Å²) in [5.74, 6) is 0.374. The molecule has 1 fully saturated rings. The van der Waals surface area contributed by atoms with Gasteiger partial charge >= 0.3 is 5.91 Å². The predicted octanol–water partition coefficient (Wildman–Crippen LogP) is 6.43. The number of benzene rings is 3. The van der Waals surface area contributed by atoms with E-state index in [0.717, 1.165) is 28.9 Å². The third-order valence-corrected chi connectivity index (χ3v) is 8.38. The second kappa shape index (κ2) is 10.9. The number of amides is 1. The Kier molecular flexibility index (Phi) is 7.13. The van der Waals surface area contributed by atoms with E-state index >= 15 is 0 Å². The summed E-state index contributed by atoms with van der Waals surface area (Å²) in [6, 6.07) is 17.2. The van der Waals surface area contributed by atoms with E-state index in [2.05, 4.69) is 6.92 Å². The Morgan fingerprint density at radius 1 is 1.10 bits per heavy atom. The summed E-state index contributed by atoms with van der Waals surface area (Å²) < 4.78 is 17.8. The van der Waals surface area contributed by atoms with Crippen molar-refractivity contribution in [2.24, 2.45) is 0 Å². The molecule has 0 radical (unpaired) electrons. The zero-order chi connectivity index (χ0) is 28.7. The quantitative estimate of drug-likeness (QED) is 0.113. The van der Waals surface area contributed by atoms with Crippen LogP contribution in [0.5, 0.6) is 17.2 Å². The summed E-state index contributed by atoms with van der Waals surface area (Å²) in [6.45, 7) is 4.68. The molecular weight excluding hydrogens is 540 g/mol. The van der Waals surface area contributed by atoms with E-state index in [-0.39, 0.29) is 17.4 Å². The minimum absolute atomic E-state index is 0.0124. The van der Waals surface area contributed by atoms with Gasteiger partial charge in [-0.05, 0) is 73.0 Å². The number of Topliss-reactive ketones (excluding diaryl/α,β-unsaturated/α-hetero) is 1. The number of fused-ring (bicyclic) bond motifs is 2. The molecule has 9 heteroatoms. The number of carbonyl (C=O) groups is 2. The first-order valence-electron chi connectivity index (χ1n) is 13.7. The van der Waals surface area contributed by atoms with Gasteiger partial charge < -0.3 is 19.3 Å². The third kappa shape index (κ3) is 4.91. The molecule has 8 nitrogen and oxygen atoms in total. The van der Waals surface area contributed by atoms with Gasteiger partial charge in [0.25, 0.3) is 5.78 Å². The highest BCUT2D eigenvalue weighted by molar-refractivity contribution is 7.22. The van der Waals surface area contributed by atoms with Gasteiger partial charge in [-0.3, -0.25) is 14.5 Å². The van der Waals surface area contributed by atoms with E-state index in [4.69, 9.17) is 19.2 Å². The molecule has 0 aliphatic carbocycles. The number of methoxy groups -OCH3 is 1. The van der Waals surface area contributed by atoms with Gasteiger partial charge in [-0.15, -0.1) is 0 Å². The highest BCUT2D eigenvalue weighted by atomic mass is 32.1. The third-order valence-electron chi connectivity index (χ3n) is 7.37. The first-order valence-corrected chi connectivity index (χ1v) is 14.5. The number of ether oxygens (including phenoxy) is 3. The van der Waals surface area contributed by atoms with Crippen LogP contribution in [0, 0.1) is 0 Å². The fraction of sp³-hybridized carbons (Fsp3) is 0.281. The number of aromatic nitrogens is 1. The van der Waals surface area contributed by atoms with Crippen molar-refractivity contribution in [2.45, 2.75) is 45.3 Å². The van der Waals surface area contributed by atoms with E-state index in [1.165, 1.54) is 16.2 Å². The number of aliphatic hydroxyl groups excluding tert-OH is 1. The summed E-state index contributed by atoms with van der Waals surface area (Å²) in [4.78, 5) is 33.3. The Hall–Kier alpha value is -4.37. The number of rotatable bonds is 8. The molecule has 0 bridgehead atoms. The Morgan fingerprint density at radius 2 is 1.88 bits per heavy atom. The summed E-state index contributed by atoms with van der Waals surface area (Å²) in [5.41, 5.74) is 2.75. The van der Waals surface area contributed by atoms with Crippen molar-refractivity contribution in [3.8, 4) is 17.2 Å². The van der Waals surface area contributed by atoms with Crippen LogP contribution in [-0.2, 0) is 16.0 Å². The molecule has 3 aromatic carbocycles. The van der Waals surface area contributed by atoms with Gasteiger partial charge in [0.05, 0.1) is 35.5 Å². The number of ketones is 1. The van der Waals surface area contributed by atoms with Crippen LogP contribution in [0.25, 0.3) is 16.0 Å². The molecule has 0 saturated carbocycles. The highest BCUT2D eigenvalue weighted by Crippen LogP contribution is 2.45. The van der Waals surface area contributed by atoms with Crippen LogP contribution < -0.4 is 19.1 Å². The predicted molar refractivity (Wildman–Crippen MR) is 158 cm³/mol. The maximum Gasteiger partial charge on any atom is 0.301 e. The summed E-state index contributed by atoms with van der Waals surface area (Å²) in [7, 11) is 1.59. The number of unbranched alkanes of at least 4 members (excludes halogenated alkanes) is 1. The number of nitrogens with zero attached hydrogens (tertiary/aromatic N) is 2. The molecule has 2 atom stereocenters. The lowest BCUT2D eigenvalue weighted by atomic mass is 9.94. The number of hydrogen-bond donors (Lipinski definition) is 1. The fourth-order valence-corrected chi connectivity index (χ4v) is 6.29. The fourth-order valence-electron chi connectivity index (χ4n) is 5.27. The summed E-state index contributed by atoms with van der Waals surface area (Å²) in [5, 5.41) is 11.9. The molecule has 3 heterocycles. The van der Waals surface area contributed by atoms with Crippen molar-refractivity contribution in [1.29, 1.82) is 0 Å². The maximum absolute atomic E-state index is 13.6. The van der Waals surface area contributed by atoms with Gasteiger partial charge in [-0.25, -0.2) is 4.98 Å². The van der Waals surface area contributed by atoms with Crippen LogP contribution in [0.15, 0.2) is 66.2 Å². The number of anilines is 1. The Morgan fingerprint density at radius 3 is 2.63 bits per heavy atom. The van der Waals surface area contributed by atoms with Crippen molar-refractivity contribution in [3.63, 3.8) is 0 Å². The average molecular weight is 571 g/mol. The van der Waals surface area contributed by atoms with Crippen LogP contribution in [0.1, 0.15) is 49.4 Å². The minimum atomic E-state index is -0.884. The van der Waals surface area contributed by atoms with Crippen LogP contribution in [0.4, 0.5) is 5.13 Å². The van der Waals surface area contributed by atoms with Gasteiger partial charge in [0.1, 0.15) is 29.1 Å². The SMILES string of the molecule is CCCCOc1ccc([C@H]2C(=C(O)c3ccc4c(c3)C[C@@H](C)O4)C(=O)C(=O)N2c2nc3ccc(OC)cc3s2)cc1. The molecule has 0 spiro atoms. The zero-order valence-electron chi connectivity index (χ0n) is 23.0. The normalized spacial score (nSPS) is 19.4. The van der Waals surface area contributed by atoms with Gasteiger partial charge in [-0.1, -0.05) is 36.8 Å². The topological polar surface area (TPSA) is 98.2 Å². The second-order valence-corrected chi connectivity index (χ2v) is 11.2. The molecule has 1 saturated heterocycles. The first-order chi connectivity index (χ1) is 19.9. The van der Waals surface area contributed by atoms with E-state index in [0.29, 0.717) is 46.3 Å². The highest BCUT2D eigenvalue weighted by Gasteiger charge is 2.48. The molecule has 4 aromatic rings. The smallest absolute Gasteiger partial charge is 0.301 e. The van der Waals surface area contributed by atoms with Crippen molar-refractivity contribution in [2.75, 3.05) is 18.6 Å². The monoisotopic (exact) mass is 570 g/mol. The van der Waals surface area contributed by atoms with Gasteiger partial charge in [-0.2, -0.15) is 0 Å². The summed E-state index contributed by atoms with van der Waals surface area (Å²) in [6.07, 6.45) is 2.69. The van der Waals surface area contributed by atoms with Crippen molar-refractivity contribution in [3.05, 3.63) is 82.9 Å². The van der Waals surface area contributed by atoms with E-state index in [9.17, 15) is 14.7 Å². The second-order valence-electron chi connectivity index (χ2n) is 10.2. The van der Waals surface area contributed by atoms with Gasteiger partial charge in [0, 0.05) is 12.0 Å². The van der Waals surface area contributed by atoms with Crippen LogP contribution >= 0.6 is 11.3 Å². The lowest BCUT2D eigenvalue weighted by molar-refractivity contribution is -0.132. The maximum atomic E-state index is 13.6. The molecule has 1 amide bonds. The van der Waals surface area contributed by atoms with Crippen molar-refractivity contribution < 1.29 is 28.9 Å². The van der Waals surface area contributed by atoms with Crippen LogP contribution in [0.3, 0.4) is 0 Å². The Labute approximate surface area is 241 Å². The van der Waals surface area contributed by atoms with Crippen LogP contribution in [0.2, 0.25) is 0 Å². The lowest BCUT2D eigenvalue weighted by Crippen LogP contribution is -2.29. The molecule has 41 heavy (non-hydrogen) atoms. The minimum Gasteiger partial charge on any atom is -0.507 e. The number of thiazole rings is 1. The largest absolute Gasteiger partial charge is 0.507 e. The van der Waals surface area contributed by atoms with Crippen molar-refractivity contribution >= 4 is 44.1 Å². The molecule has 2 aliphatic heterocycles. The number of carbonyl (C=O) groups excluding carboxylic acids is 2. The molecule has 2 aliphatic rings. The molecule has 1 aromatic heterocycles.